The molecule has 7 heavy (non-hydrogen) atoms. The summed E-state index contributed by atoms with van der Waals surface area (Å²) in [6.07, 6.45) is 2.89. The predicted octanol–water partition coefficient (Wildman–Crippen LogP) is -0.189. The molecule has 0 aliphatic heterocycles. The van der Waals surface area contributed by atoms with Crippen molar-refractivity contribution < 1.29 is 4.39 Å². The van der Waals surface area contributed by atoms with Crippen LogP contribution in [0.5, 0.6) is 0 Å². The first-order chi connectivity index (χ1) is 3.39. The molecule has 1 aromatic rings. The van der Waals surface area contributed by atoms with Crippen molar-refractivity contribution in [2.75, 3.05) is 0 Å². The Morgan fingerprint density at radius 3 is 2.86 bits per heavy atom. The third kappa shape index (κ3) is 0.887. The van der Waals surface area contributed by atoms with Gasteiger partial charge in [-0.25, -0.2) is 0 Å². The maximum absolute atomic E-state index is 11.7. The van der Waals surface area contributed by atoms with Crippen LogP contribution in [0.4, 0.5) is 4.39 Å². The van der Waals surface area contributed by atoms with Gasteiger partial charge >= 0.3 is 0 Å². The summed E-state index contributed by atoms with van der Waals surface area (Å²) in [5, 5.41) is 6.26. The van der Waals surface area contributed by atoms with Gasteiger partial charge in [0.25, 0.3) is 0 Å². The Morgan fingerprint density at radius 2 is 2.57 bits per heavy atom. The molecule has 0 saturated heterocycles. The quantitative estimate of drug-likeness (QED) is 0.451. The van der Waals surface area contributed by atoms with Crippen LogP contribution in [-0.4, -0.2) is 15.2 Å². The summed E-state index contributed by atoms with van der Waals surface area (Å²) >= 11 is 0. The Balaban J connectivity index is 3.02. The average molecular weight is 98.1 g/mol. The second-order valence-electron chi connectivity index (χ2n) is 0.879. The van der Waals surface area contributed by atoms with Gasteiger partial charge in [0.1, 0.15) is 6.20 Å². The average Bonchev–Trinajstić information content (AvgIpc) is 1.69. The van der Waals surface area contributed by atoms with Gasteiger partial charge in [0.05, 0.1) is 0 Å². The maximum atomic E-state index is 11.7. The van der Waals surface area contributed by atoms with Crippen molar-refractivity contribution in [1.29, 1.82) is 0 Å². The van der Waals surface area contributed by atoms with Crippen LogP contribution < -0.4 is 0 Å². The molecule has 0 N–H and O–H groups in total. The summed E-state index contributed by atoms with van der Waals surface area (Å²) in [7, 11) is 0. The molecule has 0 bridgehead atoms. The molecule has 35 valence electrons. The van der Waals surface area contributed by atoms with Crippen molar-refractivity contribution in [2.45, 2.75) is 0 Å². The van der Waals surface area contributed by atoms with Gasteiger partial charge in [0.15, 0.2) is 0 Å². The highest BCUT2D eigenvalue weighted by Crippen LogP contribution is 1.77. The fourth-order valence-electron chi connectivity index (χ4n) is 0.201. The van der Waals surface area contributed by atoms with E-state index in [-0.39, 0.29) is 0 Å². The highest BCUT2D eigenvalue weighted by Gasteiger charge is 1.82. The van der Waals surface area contributed by atoms with E-state index in [2.05, 4.69) is 15.2 Å². The summed E-state index contributed by atoms with van der Waals surface area (Å²) < 4.78 is 11.7. The minimum absolute atomic E-state index is 0.657. The fraction of sp³-hybridized carbons (Fsp3) is 0. The zero-order valence-electron chi connectivity index (χ0n) is 3.30. The number of hydrogen-bond acceptors (Lipinski definition) is 3. The van der Waals surface area contributed by atoms with Crippen LogP contribution in [0.2, 0.25) is 0 Å². The van der Waals surface area contributed by atoms with E-state index in [4.69, 9.17) is 0 Å². The van der Waals surface area contributed by atoms with Crippen molar-refractivity contribution in [3.63, 3.8) is 0 Å². The molecule has 0 aromatic carbocycles. The molecule has 1 rings (SSSR count). The first-order valence-corrected chi connectivity index (χ1v) is 1.61. The lowest BCUT2D eigenvalue weighted by Gasteiger charge is -1.75. The van der Waals surface area contributed by atoms with Crippen LogP contribution in [-0.2, 0) is 0 Å². The zero-order valence-corrected chi connectivity index (χ0v) is 3.30. The third-order valence-corrected chi connectivity index (χ3v) is 0.424. The van der Waals surface area contributed by atoms with E-state index in [1.54, 1.807) is 0 Å². The van der Waals surface area contributed by atoms with Crippen LogP contribution in [0.25, 0.3) is 0 Å². The Kier molecular flexibility index (Phi) is 0.934. The third-order valence-electron chi connectivity index (χ3n) is 0.424. The molecule has 0 unspecified atom stereocenters. The summed E-state index contributed by atoms with van der Waals surface area (Å²) in [6, 6.07) is 0. The monoisotopic (exact) mass is 98.0 g/mol. The second kappa shape index (κ2) is 1.59. The first kappa shape index (κ1) is 4.11. The van der Waals surface area contributed by atoms with Gasteiger partial charge in [0, 0.05) is 0 Å². The Bertz CT molecular complexity index is 140. The van der Waals surface area contributed by atoms with Gasteiger partial charge in [-0.3, -0.25) is 0 Å². The fourth-order valence-corrected chi connectivity index (χ4v) is 0.201. The summed E-state index contributed by atoms with van der Waals surface area (Å²) in [4.78, 5) is 3.01. The number of nitrogens with zero attached hydrogens (tertiary/aromatic N) is 3. The molecule has 0 atom stereocenters. The molecule has 0 fully saturated rings. The van der Waals surface area contributed by atoms with E-state index in [9.17, 15) is 4.39 Å². The van der Waals surface area contributed by atoms with Gasteiger partial charge in [-0.1, -0.05) is 0 Å². The standard InChI is InChI=1S/C3HFN3/c4-3-1-6-7-2-5-3/h1H. The lowest BCUT2D eigenvalue weighted by Crippen LogP contribution is -1.85. The minimum Gasteiger partial charge on any atom is -0.193 e. The molecule has 0 aliphatic rings. The lowest BCUT2D eigenvalue weighted by molar-refractivity contribution is 0.565. The van der Waals surface area contributed by atoms with Gasteiger partial charge in [-0.05, 0) is 0 Å². The molecule has 0 amide bonds. The molecule has 1 heterocycles. The predicted molar refractivity (Wildman–Crippen MR) is 18.6 cm³/mol. The molecule has 0 spiro atoms. The highest BCUT2D eigenvalue weighted by molar-refractivity contribution is 4.65. The summed E-state index contributed by atoms with van der Waals surface area (Å²) in [5.41, 5.74) is 0. The number of hydrogen-bond donors (Lipinski definition) is 0. The van der Waals surface area contributed by atoms with Gasteiger partial charge < -0.3 is 0 Å². The summed E-state index contributed by atoms with van der Waals surface area (Å²) in [6.45, 7) is 0. The molecule has 1 radical (unpaired) electrons. The van der Waals surface area contributed by atoms with E-state index in [0.29, 0.717) is 0 Å². The van der Waals surface area contributed by atoms with Crippen LogP contribution in [0.15, 0.2) is 6.20 Å². The lowest BCUT2D eigenvalue weighted by atomic mass is 10.9. The van der Waals surface area contributed by atoms with E-state index < -0.39 is 5.95 Å². The van der Waals surface area contributed by atoms with E-state index in [1.807, 2.05) is 6.33 Å². The summed E-state index contributed by atoms with van der Waals surface area (Å²) in [5.74, 6) is -0.657. The smallest absolute Gasteiger partial charge is 0.193 e. The van der Waals surface area contributed by atoms with Crippen LogP contribution in [0.3, 0.4) is 0 Å². The van der Waals surface area contributed by atoms with E-state index in [1.165, 1.54) is 0 Å². The van der Waals surface area contributed by atoms with Crippen LogP contribution in [0, 0.1) is 12.3 Å². The number of rotatable bonds is 0. The Morgan fingerprint density at radius 1 is 1.71 bits per heavy atom. The van der Waals surface area contributed by atoms with Crippen molar-refractivity contribution >= 4 is 0 Å². The molecule has 0 aliphatic carbocycles. The highest BCUT2D eigenvalue weighted by atomic mass is 19.1. The second-order valence-corrected chi connectivity index (χ2v) is 0.879. The number of aromatic nitrogens is 3. The van der Waals surface area contributed by atoms with Crippen molar-refractivity contribution in [2.24, 2.45) is 0 Å². The van der Waals surface area contributed by atoms with Gasteiger partial charge in [-0.15, -0.1) is 5.10 Å². The molecule has 0 saturated carbocycles. The minimum atomic E-state index is -0.657. The number of halogens is 1. The van der Waals surface area contributed by atoms with Gasteiger partial charge in [-0.2, -0.15) is 14.5 Å². The van der Waals surface area contributed by atoms with Crippen LogP contribution in [0.1, 0.15) is 0 Å². The van der Waals surface area contributed by atoms with E-state index >= 15 is 0 Å². The zero-order chi connectivity index (χ0) is 5.11. The SMILES string of the molecule is Fc1cnn[c]n1. The van der Waals surface area contributed by atoms with Crippen molar-refractivity contribution in [3.05, 3.63) is 18.5 Å². The molecule has 4 heteroatoms. The Hall–Kier alpha value is -1.06. The van der Waals surface area contributed by atoms with E-state index in [0.717, 1.165) is 6.20 Å². The molecule has 1 aromatic heterocycles. The van der Waals surface area contributed by atoms with Crippen molar-refractivity contribution in [1.82, 2.24) is 15.2 Å². The normalized spacial score (nSPS) is 8.71. The molecule has 3 nitrogen and oxygen atoms in total. The molecular formula is C3HFN3. The first-order valence-electron chi connectivity index (χ1n) is 1.61. The Labute approximate surface area is 39.2 Å². The van der Waals surface area contributed by atoms with Crippen molar-refractivity contribution in [3.8, 4) is 0 Å². The molecular weight excluding hydrogens is 97.1 g/mol. The van der Waals surface area contributed by atoms with Crippen LogP contribution >= 0.6 is 0 Å². The topological polar surface area (TPSA) is 38.7 Å². The maximum Gasteiger partial charge on any atom is 0.235 e. The largest absolute Gasteiger partial charge is 0.235 e. The van der Waals surface area contributed by atoms with Gasteiger partial charge in [0.2, 0.25) is 12.3 Å².